The van der Waals surface area contributed by atoms with Crippen LogP contribution >= 0.6 is 0 Å². The number of carbonyl (C=O) groups excluding carboxylic acids is 2. The number of methoxy groups -OCH3 is 1. The van der Waals surface area contributed by atoms with Gasteiger partial charge in [0.1, 0.15) is 5.82 Å². The number of ether oxygens (including phenoxy) is 2. The zero-order valence-corrected chi connectivity index (χ0v) is 14.8. The Labute approximate surface area is 151 Å². The fraction of sp³-hybridized carbons (Fsp3) is 0.647. The van der Waals surface area contributed by atoms with Gasteiger partial charge < -0.3 is 24.6 Å². The lowest BCUT2D eigenvalue weighted by molar-refractivity contribution is -0.132. The number of aromatic nitrogens is 2. The number of nitrogens with one attached hydrogen (secondary N) is 1. The molecule has 2 saturated heterocycles. The first kappa shape index (κ1) is 17.0. The van der Waals surface area contributed by atoms with Crippen molar-refractivity contribution >= 4 is 23.6 Å². The Kier molecular flexibility index (Phi) is 4.62. The van der Waals surface area contributed by atoms with E-state index in [0.717, 1.165) is 12.8 Å². The van der Waals surface area contributed by atoms with Crippen molar-refractivity contribution in [2.45, 2.75) is 18.9 Å². The highest BCUT2D eigenvalue weighted by Gasteiger charge is 2.35. The van der Waals surface area contributed by atoms with E-state index in [-0.39, 0.29) is 23.6 Å². The molecule has 0 bridgehead atoms. The summed E-state index contributed by atoms with van der Waals surface area (Å²) in [5, 5.41) is 3.25. The van der Waals surface area contributed by atoms with Crippen LogP contribution in [0.15, 0.2) is 6.07 Å². The Hall–Kier alpha value is -2.42. The van der Waals surface area contributed by atoms with Crippen LogP contribution in [0.25, 0.3) is 0 Å². The van der Waals surface area contributed by atoms with Crippen molar-refractivity contribution < 1.29 is 19.1 Å². The number of hydrogen-bond donors (Lipinski definition) is 1. The fourth-order valence-electron chi connectivity index (χ4n) is 3.10. The van der Waals surface area contributed by atoms with Gasteiger partial charge in [0.25, 0.3) is 0 Å². The summed E-state index contributed by atoms with van der Waals surface area (Å²) in [5.41, 5.74) is 0.219. The molecule has 1 amide bonds. The van der Waals surface area contributed by atoms with Crippen molar-refractivity contribution in [2.75, 3.05) is 56.7 Å². The molecule has 26 heavy (non-hydrogen) atoms. The summed E-state index contributed by atoms with van der Waals surface area (Å²) in [7, 11) is 1.33. The standard InChI is InChI=1S/C17H23N5O4/c1-25-16(24)13-8-14(18-12-9-26-10-12)20-17(19-13)22-6-4-21(5-7-22)15(23)11-2-3-11/h8,11-12H,2-7,9-10H2,1H3,(H,18,19,20). The summed E-state index contributed by atoms with van der Waals surface area (Å²) in [6.45, 7) is 3.84. The first-order valence-electron chi connectivity index (χ1n) is 8.99. The lowest BCUT2D eigenvalue weighted by Gasteiger charge is -2.35. The van der Waals surface area contributed by atoms with E-state index < -0.39 is 5.97 Å². The third-order valence-corrected chi connectivity index (χ3v) is 4.90. The smallest absolute Gasteiger partial charge is 0.356 e. The normalized spacial score (nSPS) is 20.5. The fourth-order valence-corrected chi connectivity index (χ4v) is 3.10. The molecule has 140 valence electrons. The zero-order valence-electron chi connectivity index (χ0n) is 14.8. The Morgan fingerprint density at radius 2 is 1.92 bits per heavy atom. The Morgan fingerprint density at radius 1 is 1.19 bits per heavy atom. The number of esters is 1. The number of hydrogen-bond acceptors (Lipinski definition) is 8. The average Bonchev–Trinajstić information content (AvgIpc) is 3.48. The van der Waals surface area contributed by atoms with Gasteiger partial charge in [0.05, 0.1) is 26.4 Å². The predicted octanol–water partition coefficient (Wildman–Crippen LogP) is 0.132. The van der Waals surface area contributed by atoms with E-state index >= 15 is 0 Å². The molecule has 0 spiro atoms. The van der Waals surface area contributed by atoms with Gasteiger partial charge in [-0.3, -0.25) is 4.79 Å². The molecule has 3 aliphatic rings. The van der Waals surface area contributed by atoms with Crippen molar-refractivity contribution in [1.82, 2.24) is 14.9 Å². The number of rotatable bonds is 5. The molecule has 0 aromatic carbocycles. The molecular weight excluding hydrogens is 338 g/mol. The van der Waals surface area contributed by atoms with Crippen LogP contribution in [0.5, 0.6) is 0 Å². The summed E-state index contributed by atoms with van der Waals surface area (Å²) in [4.78, 5) is 37.0. The molecule has 1 aromatic heterocycles. The minimum absolute atomic E-state index is 0.191. The van der Waals surface area contributed by atoms with Crippen LogP contribution in [0.4, 0.5) is 11.8 Å². The topological polar surface area (TPSA) is 96.9 Å². The maximum absolute atomic E-state index is 12.2. The van der Waals surface area contributed by atoms with Gasteiger partial charge in [0.15, 0.2) is 5.69 Å². The van der Waals surface area contributed by atoms with E-state index in [0.29, 0.717) is 51.2 Å². The highest BCUT2D eigenvalue weighted by molar-refractivity contribution is 5.88. The zero-order chi connectivity index (χ0) is 18.1. The third-order valence-electron chi connectivity index (χ3n) is 4.90. The van der Waals surface area contributed by atoms with E-state index in [1.54, 1.807) is 6.07 Å². The van der Waals surface area contributed by atoms with E-state index in [9.17, 15) is 9.59 Å². The molecule has 3 heterocycles. The lowest BCUT2D eigenvalue weighted by atomic mass is 10.2. The quantitative estimate of drug-likeness (QED) is 0.740. The van der Waals surface area contributed by atoms with Gasteiger partial charge >= 0.3 is 5.97 Å². The summed E-state index contributed by atoms with van der Waals surface area (Å²) in [6, 6.07) is 1.79. The Morgan fingerprint density at radius 3 is 2.50 bits per heavy atom. The summed E-state index contributed by atoms with van der Waals surface area (Å²) in [5.74, 6) is 1.07. The number of piperazine rings is 1. The number of amides is 1. The maximum Gasteiger partial charge on any atom is 0.356 e. The predicted molar refractivity (Wildman–Crippen MR) is 93.1 cm³/mol. The molecule has 4 rings (SSSR count). The van der Waals surface area contributed by atoms with Crippen molar-refractivity contribution in [3.8, 4) is 0 Å². The Bertz CT molecular complexity index is 696. The first-order chi connectivity index (χ1) is 12.6. The van der Waals surface area contributed by atoms with Crippen molar-refractivity contribution in [3.63, 3.8) is 0 Å². The van der Waals surface area contributed by atoms with Crippen LogP contribution in [0, 0.1) is 5.92 Å². The second-order valence-electron chi connectivity index (χ2n) is 6.90. The SMILES string of the molecule is COC(=O)c1cc(NC2COC2)nc(N2CCN(C(=O)C3CC3)CC2)n1. The first-order valence-corrected chi connectivity index (χ1v) is 8.99. The molecule has 0 radical (unpaired) electrons. The van der Waals surface area contributed by atoms with Crippen molar-refractivity contribution in [2.24, 2.45) is 5.92 Å². The molecule has 1 aliphatic carbocycles. The minimum atomic E-state index is -0.496. The van der Waals surface area contributed by atoms with Gasteiger partial charge in [-0.15, -0.1) is 0 Å². The van der Waals surface area contributed by atoms with Crippen LogP contribution in [-0.4, -0.2) is 79.3 Å². The van der Waals surface area contributed by atoms with E-state index in [4.69, 9.17) is 9.47 Å². The van der Waals surface area contributed by atoms with Gasteiger partial charge in [-0.05, 0) is 12.8 Å². The van der Waals surface area contributed by atoms with Crippen molar-refractivity contribution in [3.05, 3.63) is 11.8 Å². The highest BCUT2D eigenvalue weighted by Crippen LogP contribution is 2.31. The number of nitrogens with zero attached hydrogens (tertiary/aromatic N) is 4. The summed E-state index contributed by atoms with van der Waals surface area (Å²) >= 11 is 0. The molecule has 0 atom stereocenters. The summed E-state index contributed by atoms with van der Waals surface area (Å²) < 4.78 is 9.97. The van der Waals surface area contributed by atoms with Crippen LogP contribution < -0.4 is 10.2 Å². The van der Waals surface area contributed by atoms with Gasteiger partial charge in [-0.25, -0.2) is 9.78 Å². The Balaban J connectivity index is 1.48. The van der Waals surface area contributed by atoms with Gasteiger partial charge in [-0.2, -0.15) is 4.98 Å². The van der Waals surface area contributed by atoms with E-state index in [1.165, 1.54) is 7.11 Å². The molecule has 1 aromatic rings. The highest BCUT2D eigenvalue weighted by atomic mass is 16.5. The molecule has 9 heteroatoms. The second-order valence-corrected chi connectivity index (χ2v) is 6.90. The van der Waals surface area contributed by atoms with Gasteiger partial charge in [-0.1, -0.05) is 0 Å². The van der Waals surface area contributed by atoms with Crippen LogP contribution in [-0.2, 0) is 14.3 Å². The van der Waals surface area contributed by atoms with E-state index in [2.05, 4.69) is 15.3 Å². The number of carbonyl (C=O) groups is 2. The van der Waals surface area contributed by atoms with Crippen molar-refractivity contribution in [1.29, 1.82) is 0 Å². The molecule has 3 fully saturated rings. The molecule has 1 N–H and O–H groups in total. The van der Waals surface area contributed by atoms with Crippen LogP contribution in [0.3, 0.4) is 0 Å². The minimum Gasteiger partial charge on any atom is -0.464 e. The van der Waals surface area contributed by atoms with Gasteiger partial charge in [0.2, 0.25) is 11.9 Å². The molecule has 0 unspecified atom stereocenters. The lowest BCUT2D eigenvalue weighted by Crippen LogP contribution is -2.50. The molecular formula is C17H23N5O4. The number of anilines is 2. The molecule has 2 aliphatic heterocycles. The van der Waals surface area contributed by atoms with Crippen LogP contribution in [0.2, 0.25) is 0 Å². The maximum atomic E-state index is 12.2. The third kappa shape index (κ3) is 3.57. The average molecular weight is 361 g/mol. The summed E-state index contributed by atoms with van der Waals surface area (Å²) in [6.07, 6.45) is 2.03. The molecule has 1 saturated carbocycles. The van der Waals surface area contributed by atoms with Crippen LogP contribution in [0.1, 0.15) is 23.3 Å². The molecule has 9 nitrogen and oxygen atoms in total. The largest absolute Gasteiger partial charge is 0.464 e. The van der Waals surface area contributed by atoms with E-state index in [1.807, 2.05) is 9.80 Å². The van der Waals surface area contributed by atoms with Gasteiger partial charge in [0, 0.05) is 38.2 Å². The second kappa shape index (κ2) is 7.06. The monoisotopic (exact) mass is 361 g/mol.